The van der Waals surface area contributed by atoms with E-state index in [-0.39, 0.29) is 22.2 Å². The van der Waals surface area contributed by atoms with Crippen LogP contribution >= 0.6 is 0 Å². The average Bonchev–Trinajstić information content (AvgIpc) is 2.87. The van der Waals surface area contributed by atoms with Gasteiger partial charge in [0.25, 0.3) is 10.0 Å². The Bertz CT molecular complexity index is 836. The quantitative estimate of drug-likeness (QED) is 0.842. The lowest BCUT2D eigenvalue weighted by Gasteiger charge is -2.06. The van der Waals surface area contributed by atoms with Crippen LogP contribution in [0.3, 0.4) is 0 Å². The topological polar surface area (TPSA) is 119 Å². The van der Waals surface area contributed by atoms with E-state index in [9.17, 15) is 16.8 Å². The molecule has 0 atom stereocenters. The van der Waals surface area contributed by atoms with Gasteiger partial charge in [0.1, 0.15) is 5.76 Å². The zero-order chi connectivity index (χ0) is 15.7. The molecule has 0 fully saturated rings. The molecule has 0 spiro atoms. The minimum absolute atomic E-state index is 0.0958. The summed E-state index contributed by atoms with van der Waals surface area (Å²) in [6.07, 6.45) is 1.07. The van der Waals surface area contributed by atoms with Crippen LogP contribution in [0.25, 0.3) is 0 Å². The van der Waals surface area contributed by atoms with Gasteiger partial charge in [-0.25, -0.2) is 8.42 Å². The second-order valence-corrected chi connectivity index (χ2v) is 7.96. The second kappa shape index (κ2) is 5.51. The third kappa shape index (κ3) is 3.63. The summed E-state index contributed by atoms with van der Waals surface area (Å²) in [4.78, 5) is 0.105. The first-order valence-electron chi connectivity index (χ1n) is 5.84. The number of benzene rings is 1. The molecule has 0 aliphatic heterocycles. The first kappa shape index (κ1) is 15.5. The highest BCUT2D eigenvalue weighted by molar-refractivity contribution is 7.92. The Hall–Kier alpha value is -1.84. The average molecular weight is 330 g/mol. The Morgan fingerprint density at radius 2 is 1.67 bits per heavy atom. The van der Waals surface area contributed by atoms with Gasteiger partial charge >= 0.3 is 0 Å². The van der Waals surface area contributed by atoms with Gasteiger partial charge in [0.15, 0.2) is 9.84 Å². The number of hydrogen-bond donors (Lipinski definition) is 2. The van der Waals surface area contributed by atoms with Crippen molar-refractivity contribution in [1.82, 2.24) is 0 Å². The Balaban J connectivity index is 2.24. The van der Waals surface area contributed by atoms with E-state index in [0.717, 1.165) is 6.26 Å². The Morgan fingerprint density at radius 3 is 2.14 bits per heavy atom. The van der Waals surface area contributed by atoms with Gasteiger partial charge in [0.2, 0.25) is 5.09 Å². The smallest absolute Gasteiger partial charge is 0.295 e. The number of sulfone groups is 1. The fraction of sp³-hybridized carbons (Fsp3) is 0.167. The normalized spacial score (nSPS) is 12.3. The number of sulfonamides is 1. The van der Waals surface area contributed by atoms with Crippen molar-refractivity contribution >= 4 is 25.5 Å². The number of rotatable bonds is 5. The van der Waals surface area contributed by atoms with E-state index < -0.39 is 19.9 Å². The standard InChI is InChI=1S/C12H14N2O5S2/c1-20(15,16)11-5-2-9(3-6-11)14-21(17,18)12-7-4-10(8-13)19-12/h2-7,14H,8,13H2,1H3. The molecule has 0 unspecified atom stereocenters. The van der Waals surface area contributed by atoms with E-state index >= 15 is 0 Å². The molecule has 9 heteroatoms. The molecule has 2 aromatic rings. The van der Waals surface area contributed by atoms with Crippen LogP contribution in [0.1, 0.15) is 5.76 Å². The van der Waals surface area contributed by atoms with Gasteiger partial charge in [-0.2, -0.15) is 8.42 Å². The van der Waals surface area contributed by atoms with E-state index in [1.807, 2.05) is 0 Å². The summed E-state index contributed by atoms with van der Waals surface area (Å²) in [7, 11) is -7.20. The third-order valence-corrected chi connectivity index (χ3v) is 5.02. The lowest BCUT2D eigenvalue weighted by atomic mass is 10.3. The molecular weight excluding hydrogens is 316 g/mol. The van der Waals surface area contributed by atoms with Gasteiger partial charge < -0.3 is 10.2 Å². The van der Waals surface area contributed by atoms with Crippen LogP contribution in [0.4, 0.5) is 5.69 Å². The Kier molecular flexibility index (Phi) is 4.08. The maximum Gasteiger partial charge on any atom is 0.295 e. The largest absolute Gasteiger partial charge is 0.446 e. The van der Waals surface area contributed by atoms with Crippen molar-refractivity contribution in [2.75, 3.05) is 11.0 Å². The number of furan rings is 1. The van der Waals surface area contributed by atoms with Gasteiger partial charge in [0.05, 0.1) is 11.4 Å². The minimum atomic E-state index is -3.87. The predicted octanol–water partition coefficient (Wildman–Crippen LogP) is 0.943. The zero-order valence-corrected chi connectivity index (χ0v) is 12.7. The molecule has 1 aromatic heterocycles. The van der Waals surface area contributed by atoms with Gasteiger partial charge in [-0.1, -0.05) is 0 Å². The first-order valence-corrected chi connectivity index (χ1v) is 9.21. The summed E-state index contributed by atoms with van der Waals surface area (Å²) in [5.41, 5.74) is 5.58. The summed E-state index contributed by atoms with van der Waals surface area (Å²) in [5.74, 6) is 0.350. The third-order valence-electron chi connectivity index (χ3n) is 2.64. The molecule has 3 N–H and O–H groups in total. The molecule has 1 aromatic carbocycles. The lowest BCUT2D eigenvalue weighted by molar-refractivity contribution is 0.417. The van der Waals surface area contributed by atoms with Crippen LogP contribution in [0.5, 0.6) is 0 Å². The first-order chi connectivity index (χ1) is 9.72. The Labute approximate surface area is 122 Å². The molecule has 0 saturated carbocycles. The van der Waals surface area contributed by atoms with E-state index in [2.05, 4.69) is 4.72 Å². The van der Waals surface area contributed by atoms with Gasteiger partial charge in [-0.05, 0) is 36.4 Å². The van der Waals surface area contributed by atoms with Gasteiger partial charge in [-0.3, -0.25) is 4.72 Å². The van der Waals surface area contributed by atoms with E-state index in [4.69, 9.17) is 10.2 Å². The summed E-state index contributed by atoms with van der Waals surface area (Å²) >= 11 is 0. The van der Waals surface area contributed by atoms with Crippen molar-refractivity contribution in [3.8, 4) is 0 Å². The van der Waals surface area contributed by atoms with Crippen molar-refractivity contribution in [1.29, 1.82) is 0 Å². The van der Waals surface area contributed by atoms with Crippen LogP contribution in [-0.4, -0.2) is 23.1 Å². The van der Waals surface area contributed by atoms with Crippen LogP contribution in [0.15, 0.2) is 50.8 Å². The van der Waals surface area contributed by atoms with Crippen molar-refractivity contribution < 1.29 is 21.3 Å². The van der Waals surface area contributed by atoms with Crippen molar-refractivity contribution in [2.45, 2.75) is 16.5 Å². The van der Waals surface area contributed by atoms with E-state index in [1.165, 1.54) is 36.4 Å². The summed E-state index contributed by atoms with van der Waals surface area (Å²) < 4.78 is 54.1. The number of hydrogen-bond acceptors (Lipinski definition) is 6. The highest BCUT2D eigenvalue weighted by Crippen LogP contribution is 2.20. The molecule has 0 aliphatic carbocycles. The maximum absolute atomic E-state index is 12.0. The second-order valence-electron chi connectivity index (χ2n) is 4.33. The maximum atomic E-state index is 12.0. The molecule has 2 rings (SSSR count). The SMILES string of the molecule is CS(=O)(=O)c1ccc(NS(=O)(=O)c2ccc(CN)o2)cc1. The lowest BCUT2D eigenvalue weighted by Crippen LogP contribution is -2.12. The molecule has 1 heterocycles. The highest BCUT2D eigenvalue weighted by atomic mass is 32.2. The van der Waals surface area contributed by atoms with Gasteiger partial charge in [0, 0.05) is 11.9 Å². The van der Waals surface area contributed by atoms with Crippen molar-refractivity contribution in [3.63, 3.8) is 0 Å². The molecule has 114 valence electrons. The fourth-order valence-electron chi connectivity index (χ4n) is 1.59. The van der Waals surface area contributed by atoms with Crippen LogP contribution in [-0.2, 0) is 26.4 Å². The highest BCUT2D eigenvalue weighted by Gasteiger charge is 2.19. The predicted molar refractivity (Wildman–Crippen MR) is 77.0 cm³/mol. The summed E-state index contributed by atoms with van der Waals surface area (Å²) in [6, 6.07) is 8.14. The Morgan fingerprint density at radius 1 is 1.05 bits per heavy atom. The summed E-state index contributed by atoms with van der Waals surface area (Å²) in [6.45, 7) is 0.0958. The molecule has 0 aliphatic rings. The molecule has 0 bridgehead atoms. The molecule has 0 amide bonds. The number of nitrogens with two attached hydrogens (primary N) is 1. The monoisotopic (exact) mass is 330 g/mol. The van der Waals surface area contributed by atoms with Crippen LogP contribution < -0.4 is 10.5 Å². The van der Waals surface area contributed by atoms with Crippen molar-refractivity contribution in [2.24, 2.45) is 5.73 Å². The fourth-order valence-corrected chi connectivity index (χ4v) is 3.23. The molecule has 0 radical (unpaired) electrons. The molecule has 7 nitrogen and oxygen atoms in total. The molecule has 21 heavy (non-hydrogen) atoms. The van der Waals surface area contributed by atoms with E-state index in [0.29, 0.717) is 5.76 Å². The summed E-state index contributed by atoms with van der Waals surface area (Å²) in [5, 5.41) is -0.255. The van der Waals surface area contributed by atoms with E-state index in [1.54, 1.807) is 0 Å². The van der Waals surface area contributed by atoms with Gasteiger partial charge in [-0.15, -0.1) is 0 Å². The van der Waals surface area contributed by atoms with Crippen LogP contribution in [0.2, 0.25) is 0 Å². The van der Waals surface area contributed by atoms with Crippen LogP contribution in [0, 0.1) is 0 Å². The molecular formula is C12H14N2O5S2. The van der Waals surface area contributed by atoms with Crippen molar-refractivity contribution in [3.05, 3.63) is 42.2 Å². The number of anilines is 1. The number of nitrogens with one attached hydrogen (secondary N) is 1. The zero-order valence-electron chi connectivity index (χ0n) is 11.1. The minimum Gasteiger partial charge on any atom is -0.446 e. The molecule has 0 saturated heterocycles.